The third-order valence-corrected chi connectivity index (χ3v) is 5.13. The largest absolute Gasteiger partial charge is 0.467 e. The summed E-state index contributed by atoms with van der Waals surface area (Å²) in [5.74, 6) is -0.00356. The third-order valence-electron chi connectivity index (χ3n) is 3.92. The molecule has 29 heavy (non-hydrogen) atoms. The lowest BCUT2D eigenvalue weighted by Crippen LogP contribution is -2.40. The van der Waals surface area contributed by atoms with Crippen LogP contribution in [0.5, 0.6) is 0 Å². The molecule has 152 valence electrons. The maximum absolute atomic E-state index is 12.8. The highest BCUT2D eigenvalue weighted by Crippen LogP contribution is 2.20. The average Bonchev–Trinajstić information content (AvgIpc) is 3.21. The second-order valence-electron chi connectivity index (χ2n) is 6.11. The standard InChI is InChI=1S/C19H19ClN4O4S/c1-2-7-24-17(26)14-6-5-12(20)9-15(14)22-19(24)29-11-16(25)23-18(27)21-10-13-4-3-8-28-13/h3-6,8-9H,2,7,10-11H2,1H3,(H2,21,23,25,27). The summed E-state index contributed by atoms with van der Waals surface area (Å²) in [7, 11) is 0. The number of halogens is 1. The first-order valence-corrected chi connectivity index (χ1v) is 10.3. The Morgan fingerprint density at radius 1 is 1.31 bits per heavy atom. The van der Waals surface area contributed by atoms with Gasteiger partial charge in [-0.2, -0.15) is 0 Å². The van der Waals surface area contributed by atoms with Crippen molar-refractivity contribution in [3.63, 3.8) is 0 Å². The van der Waals surface area contributed by atoms with Gasteiger partial charge in [-0.3, -0.25) is 19.5 Å². The van der Waals surface area contributed by atoms with Gasteiger partial charge < -0.3 is 9.73 Å². The second kappa shape index (κ2) is 9.62. The fraction of sp³-hybridized carbons (Fsp3) is 0.263. The summed E-state index contributed by atoms with van der Waals surface area (Å²) >= 11 is 7.09. The SMILES string of the molecule is CCCn1c(SCC(=O)NC(=O)NCc2ccco2)nc2cc(Cl)ccc2c1=O. The van der Waals surface area contributed by atoms with E-state index in [4.69, 9.17) is 16.0 Å². The first-order chi connectivity index (χ1) is 14.0. The Morgan fingerprint density at radius 2 is 2.14 bits per heavy atom. The molecule has 0 spiro atoms. The molecule has 3 aromatic rings. The number of hydrogen-bond donors (Lipinski definition) is 2. The monoisotopic (exact) mass is 434 g/mol. The molecule has 2 N–H and O–H groups in total. The minimum atomic E-state index is -0.629. The molecule has 0 unspecified atom stereocenters. The number of hydrogen-bond acceptors (Lipinski definition) is 6. The molecule has 3 amide bonds. The maximum Gasteiger partial charge on any atom is 0.321 e. The van der Waals surface area contributed by atoms with Gasteiger partial charge in [0.15, 0.2) is 5.16 Å². The Hall–Kier alpha value is -2.78. The number of aromatic nitrogens is 2. The predicted octanol–water partition coefficient (Wildman–Crippen LogP) is 3.17. The van der Waals surface area contributed by atoms with Crippen molar-refractivity contribution in [2.24, 2.45) is 0 Å². The summed E-state index contributed by atoms with van der Waals surface area (Å²) in [6.07, 6.45) is 2.23. The van der Waals surface area contributed by atoms with E-state index in [0.717, 1.165) is 18.2 Å². The van der Waals surface area contributed by atoms with Crippen LogP contribution in [0, 0.1) is 0 Å². The number of amides is 3. The quantitative estimate of drug-likeness (QED) is 0.437. The molecule has 8 nitrogen and oxygen atoms in total. The average molecular weight is 435 g/mol. The van der Waals surface area contributed by atoms with Crippen LogP contribution in [-0.4, -0.2) is 27.2 Å². The van der Waals surface area contributed by atoms with Crippen molar-refractivity contribution in [2.75, 3.05) is 5.75 Å². The van der Waals surface area contributed by atoms with E-state index in [1.807, 2.05) is 6.92 Å². The number of benzene rings is 1. The summed E-state index contributed by atoms with van der Waals surface area (Å²) in [6, 6.07) is 7.69. The summed E-state index contributed by atoms with van der Waals surface area (Å²) < 4.78 is 6.64. The molecule has 1 aromatic carbocycles. The van der Waals surface area contributed by atoms with Gasteiger partial charge in [-0.15, -0.1) is 0 Å². The van der Waals surface area contributed by atoms with Crippen molar-refractivity contribution >= 4 is 46.2 Å². The molecular formula is C19H19ClN4O4S. The molecule has 0 fully saturated rings. The molecule has 0 aliphatic carbocycles. The number of furan rings is 1. The van der Waals surface area contributed by atoms with Crippen molar-refractivity contribution in [3.8, 4) is 0 Å². The number of nitrogens with zero attached hydrogens (tertiary/aromatic N) is 2. The van der Waals surface area contributed by atoms with Gasteiger partial charge in [0.2, 0.25) is 5.91 Å². The Bertz CT molecular complexity index is 1080. The van der Waals surface area contributed by atoms with E-state index in [-0.39, 0.29) is 17.9 Å². The summed E-state index contributed by atoms with van der Waals surface area (Å²) in [6.45, 7) is 2.59. The van der Waals surface area contributed by atoms with Gasteiger partial charge in [-0.05, 0) is 36.8 Å². The Morgan fingerprint density at radius 3 is 2.86 bits per heavy atom. The van der Waals surface area contributed by atoms with Gasteiger partial charge in [-0.25, -0.2) is 9.78 Å². The lowest BCUT2D eigenvalue weighted by Gasteiger charge is -2.12. The zero-order valence-corrected chi connectivity index (χ0v) is 17.2. The van der Waals surface area contributed by atoms with Crippen molar-refractivity contribution < 1.29 is 14.0 Å². The van der Waals surface area contributed by atoms with Crippen LogP contribution in [0.25, 0.3) is 10.9 Å². The van der Waals surface area contributed by atoms with E-state index in [2.05, 4.69) is 15.6 Å². The van der Waals surface area contributed by atoms with Crippen molar-refractivity contribution in [1.82, 2.24) is 20.2 Å². The highest BCUT2D eigenvalue weighted by molar-refractivity contribution is 7.99. The molecule has 0 saturated carbocycles. The number of urea groups is 1. The number of thioether (sulfide) groups is 1. The number of nitrogens with one attached hydrogen (secondary N) is 2. The summed E-state index contributed by atoms with van der Waals surface area (Å²) in [5, 5.41) is 6.10. The van der Waals surface area contributed by atoms with Gasteiger partial charge in [0.1, 0.15) is 5.76 Å². The molecule has 0 saturated heterocycles. The molecular weight excluding hydrogens is 416 g/mol. The summed E-state index contributed by atoms with van der Waals surface area (Å²) in [5.41, 5.74) is 0.279. The van der Waals surface area contributed by atoms with Gasteiger partial charge >= 0.3 is 6.03 Å². The van der Waals surface area contributed by atoms with Crippen molar-refractivity contribution in [3.05, 3.63) is 57.7 Å². The molecule has 2 heterocycles. The van der Waals surface area contributed by atoms with E-state index < -0.39 is 11.9 Å². The van der Waals surface area contributed by atoms with E-state index >= 15 is 0 Å². The molecule has 0 radical (unpaired) electrons. The van der Waals surface area contributed by atoms with Crippen LogP contribution in [0.4, 0.5) is 4.79 Å². The number of imide groups is 1. The van der Waals surface area contributed by atoms with Crippen LogP contribution in [0.2, 0.25) is 5.02 Å². The second-order valence-corrected chi connectivity index (χ2v) is 7.49. The van der Waals surface area contributed by atoms with Crippen LogP contribution in [0.15, 0.2) is 51.0 Å². The van der Waals surface area contributed by atoms with Gasteiger partial charge in [0.25, 0.3) is 5.56 Å². The maximum atomic E-state index is 12.8. The number of carbonyl (C=O) groups is 2. The molecule has 0 atom stereocenters. The van der Waals surface area contributed by atoms with Gasteiger partial charge in [0.05, 0.1) is 29.5 Å². The molecule has 10 heteroatoms. The van der Waals surface area contributed by atoms with Crippen LogP contribution >= 0.6 is 23.4 Å². The lowest BCUT2D eigenvalue weighted by atomic mass is 10.2. The van der Waals surface area contributed by atoms with Crippen LogP contribution in [0.1, 0.15) is 19.1 Å². The summed E-state index contributed by atoms with van der Waals surface area (Å²) in [4.78, 5) is 41.2. The zero-order chi connectivity index (χ0) is 20.8. The highest BCUT2D eigenvalue weighted by Gasteiger charge is 2.14. The number of fused-ring (bicyclic) bond motifs is 1. The minimum absolute atomic E-state index is 0.0730. The highest BCUT2D eigenvalue weighted by atomic mass is 35.5. The van der Waals surface area contributed by atoms with Crippen molar-refractivity contribution in [1.29, 1.82) is 0 Å². The first kappa shape index (κ1) is 20.9. The van der Waals surface area contributed by atoms with E-state index in [1.54, 1.807) is 30.3 Å². The minimum Gasteiger partial charge on any atom is -0.467 e. The Labute approximate surface area is 175 Å². The van der Waals surface area contributed by atoms with Crippen LogP contribution in [0.3, 0.4) is 0 Å². The van der Waals surface area contributed by atoms with Crippen LogP contribution < -0.4 is 16.2 Å². The number of carbonyl (C=O) groups excluding carboxylic acids is 2. The van der Waals surface area contributed by atoms with Crippen molar-refractivity contribution in [2.45, 2.75) is 31.6 Å². The smallest absolute Gasteiger partial charge is 0.321 e. The lowest BCUT2D eigenvalue weighted by molar-refractivity contribution is -0.117. The topological polar surface area (TPSA) is 106 Å². The Kier molecular flexibility index (Phi) is 6.95. The molecule has 2 aromatic heterocycles. The van der Waals surface area contributed by atoms with E-state index in [1.165, 1.54) is 10.8 Å². The first-order valence-electron chi connectivity index (χ1n) is 8.91. The molecule has 0 aliphatic rings. The number of rotatable bonds is 7. The van der Waals surface area contributed by atoms with Crippen LogP contribution in [-0.2, 0) is 17.9 Å². The van der Waals surface area contributed by atoms with E-state index in [0.29, 0.717) is 33.4 Å². The Balaban J connectivity index is 1.67. The van der Waals surface area contributed by atoms with Gasteiger partial charge in [0, 0.05) is 11.6 Å². The molecule has 3 rings (SSSR count). The normalized spacial score (nSPS) is 10.8. The third kappa shape index (κ3) is 5.39. The molecule has 0 bridgehead atoms. The fourth-order valence-corrected chi connectivity index (χ4v) is 3.61. The predicted molar refractivity (Wildman–Crippen MR) is 111 cm³/mol. The van der Waals surface area contributed by atoms with E-state index in [9.17, 15) is 14.4 Å². The fourth-order valence-electron chi connectivity index (χ4n) is 2.62. The zero-order valence-electron chi connectivity index (χ0n) is 15.6. The van der Waals surface area contributed by atoms with Gasteiger partial charge in [-0.1, -0.05) is 30.3 Å². The molecule has 0 aliphatic heterocycles.